The SMILES string of the molecule is COc1cc(C)cc(OC)c1OCC=CCCl. The van der Waals surface area contributed by atoms with E-state index in [1.54, 1.807) is 14.2 Å². The zero-order chi connectivity index (χ0) is 12.7. The van der Waals surface area contributed by atoms with Gasteiger partial charge in [-0.25, -0.2) is 0 Å². The fourth-order valence-electron chi connectivity index (χ4n) is 1.42. The van der Waals surface area contributed by atoms with Crippen molar-refractivity contribution in [3.8, 4) is 17.2 Å². The molecule has 3 nitrogen and oxygen atoms in total. The lowest BCUT2D eigenvalue weighted by Gasteiger charge is -2.14. The minimum atomic E-state index is 0.433. The van der Waals surface area contributed by atoms with Crippen LogP contribution in [0, 0.1) is 6.92 Å². The number of benzene rings is 1. The predicted molar refractivity (Wildman–Crippen MR) is 69.6 cm³/mol. The van der Waals surface area contributed by atoms with Gasteiger partial charge >= 0.3 is 0 Å². The molecule has 4 heteroatoms. The van der Waals surface area contributed by atoms with E-state index >= 15 is 0 Å². The van der Waals surface area contributed by atoms with Crippen molar-refractivity contribution in [2.24, 2.45) is 0 Å². The summed E-state index contributed by atoms with van der Waals surface area (Å²) >= 11 is 5.53. The number of aryl methyl sites for hydroxylation is 1. The number of ether oxygens (including phenoxy) is 3. The van der Waals surface area contributed by atoms with Crippen molar-refractivity contribution < 1.29 is 14.2 Å². The van der Waals surface area contributed by atoms with E-state index in [1.165, 1.54) is 0 Å². The normalized spacial score (nSPS) is 10.6. The van der Waals surface area contributed by atoms with E-state index in [1.807, 2.05) is 31.2 Å². The Hall–Kier alpha value is -1.35. The van der Waals surface area contributed by atoms with Crippen molar-refractivity contribution in [3.05, 3.63) is 29.8 Å². The van der Waals surface area contributed by atoms with Crippen LogP contribution >= 0.6 is 11.6 Å². The van der Waals surface area contributed by atoms with Crippen molar-refractivity contribution >= 4 is 11.6 Å². The molecule has 0 amide bonds. The van der Waals surface area contributed by atoms with E-state index in [-0.39, 0.29) is 0 Å². The molecule has 0 spiro atoms. The van der Waals surface area contributed by atoms with Crippen LogP contribution in [-0.2, 0) is 0 Å². The second kappa shape index (κ2) is 7.07. The number of alkyl halides is 1. The highest BCUT2D eigenvalue weighted by molar-refractivity contribution is 6.18. The van der Waals surface area contributed by atoms with Crippen molar-refractivity contribution in [2.75, 3.05) is 26.7 Å². The molecule has 0 heterocycles. The second-order valence-corrected chi connectivity index (χ2v) is 3.74. The molecule has 17 heavy (non-hydrogen) atoms. The number of halogens is 1. The zero-order valence-electron chi connectivity index (χ0n) is 10.3. The summed E-state index contributed by atoms with van der Waals surface area (Å²) in [6.07, 6.45) is 3.68. The molecule has 0 fully saturated rings. The fraction of sp³-hybridized carbons (Fsp3) is 0.385. The van der Waals surface area contributed by atoms with Crippen LogP contribution in [-0.4, -0.2) is 26.7 Å². The number of hydrogen-bond donors (Lipinski definition) is 0. The molecule has 0 aliphatic rings. The average molecular weight is 257 g/mol. The molecule has 0 radical (unpaired) electrons. The molecule has 1 rings (SSSR count). The smallest absolute Gasteiger partial charge is 0.203 e. The van der Waals surface area contributed by atoms with Crippen molar-refractivity contribution in [1.29, 1.82) is 0 Å². The number of hydrogen-bond acceptors (Lipinski definition) is 3. The van der Waals surface area contributed by atoms with Gasteiger partial charge in [0.05, 0.1) is 14.2 Å². The average Bonchev–Trinajstić information content (AvgIpc) is 2.35. The maximum absolute atomic E-state index is 5.61. The van der Waals surface area contributed by atoms with Gasteiger partial charge in [0, 0.05) is 5.88 Å². The highest BCUT2D eigenvalue weighted by atomic mass is 35.5. The summed E-state index contributed by atoms with van der Waals surface area (Å²) in [6.45, 7) is 2.41. The second-order valence-electron chi connectivity index (χ2n) is 3.44. The summed E-state index contributed by atoms with van der Waals surface area (Å²) in [7, 11) is 3.21. The summed E-state index contributed by atoms with van der Waals surface area (Å²) < 4.78 is 16.2. The Morgan fingerprint density at radius 3 is 2.18 bits per heavy atom. The molecule has 1 aromatic carbocycles. The zero-order valence-corrected chi connectivity index (χ0v) is 11.1. The third-order valence-corrected chi connectivity index (χ3v) is 2.36. The first-order valence-corrected chi connectivity index (χ1v) is 5.82. The van der Waals surface area contributed by atoms with Gasteiger partial charge in [-0.15, -0.1) is 11.6 Å². The maximum Gasteiger partial charge on any atom is 0.203 e. The van der Waals surface area contributed by atoms with Crippen molar-refractivity contribution in [2.45, 2.75) is 6.92 Å². The first kappa shape index (κ1) is 13.7. The van der Waals surface area contributed by atoms with Crippen LogP contribution in [0.2, 0.25) is 0 Å². The monoisotopic (exact) mass is 256 g/mol. The molecule has 0 saturated heterocycles. The van der Waals surface area contributed by atoms with Gasteiger partial charge in [0.25, 0.3) is 0 Å². The number of methoxy groups -OCH3 is 2. The quantitative estimate of drug-likeness (QED) is 0.578. The Labute approximate surface area is 107 Å². The van der Waals surface area contributed by atoms with E-state index in [9.17, 15) is 0 Å². The summed E-state index contributed by atoms with van der Waals surface area (Å²) in [6, 6.07) is 3.81. The molecular formula is C13H17ClO3. The van der Waals surface area contributed by atoms with E-state index in [0.717, 1.165) is 5.56 Å². The third-order valence-electron chi connectivity index (χ3n) is 2.18. The minimum absolute atomic E-state index is 0.433. The lowest BCUT2D eigenvalue weighted by Crippen LogP contribution is -2.00. The van der Waals surface area contributed by atoms with Gasteiger partial charge < -0.3 is 14.2 Å². The lowest BCUT2D eigenvalue weighted by atomic mass is 10.2. The van der Waals surface area contributed by atoms with Crippen molar-refractivity contribution in [1.82, 2.24) is 0 Å². The van der Waals surface area contributed by atoms with Gasteiger partial charge in [-0.3, -0.25) is 0 Å². The van der Waals surface area contributed by atoms with E-state index < -0.39 is 0 Å². The Bertz CT molecular complexity index is 363. The molecule has 0 atom stereocenters. The molecular weight excluding hydrogens is 240 g/mol. The van der Waals surface area contributed by atoms with Gasteiger partial charge in [-0.2, -0.15) is 0 Å². The summed E-state index contributed by atoms with van der Waals surface area (Å²) in [5, 5.41) is 0. The van der Waals surface area contributed by atoms with Crippen LogP contribution in [0.25, 0.3) is 0 Å². The highest BCUT2D eigenvalue weighted by Crippen LogP contribution is 2.38. The summed E-state index contributed by atoms with van der Waals surface area (Å²) in [5.41, 5.74) is 1.06. The minimum Gasteiger partial charge on any atom is -0.493 e. The maximum atomic E-state index is 5.61. The molecule has 94 valence electrons. The van der Waals surface area contributed by atoms with Crippen LogP contribution in [0.3, 0.4) is 0 Å². The fourth-order valence-corrected chi connectivity index (χ4v) is 1.54. The van der Waals surface area contributed by atoms with Crippen LogP contribution in [0.1, 0.15) is 5.56 Å². The largest absolute Gasteiger partial charge is 0.493 e. The predicted octanol–water partition coefficient (Wildman–Crippen LogP) is 3.19. The van der Waals surface area contributed by atoms with E-state index in [0.29, 0.717) is 29.7 Å². The Kier molecular flexibility index (Phi) is 5.70. The van der Waals surface area contributed by atoms with E-state index in [4.69, 9.17) is 25.8 Å². The first-order chi connectivity index (χ1) is 8.22. The van der Waals surface area contributed by atoms with Crippen LogP contribution in [0.5, 0.6) is 17.2 Å². The third kappa shape index (κ3) is 3.86. The van der Waals surface area contributed by atoms with Gasteiger partial charge in [-0.1, -0.05) is 12.2 Å². The Balaban J connectivity index is 2.90. The molecule has 0 aliphatic carbocycles. The molecule has 0 aromatic heterocycles. The van der Waals surface area contributed by atoms with Gasteiger partial charge in [-0.05, 0) is 24.6 Å². The molecule has 0 N–H and O–H groups in total. The van der Waals surface area contributed by atoms with E-state index in [2.05, 4.69) is 0 Å². The Morgan fingerprint density at radius 2 is 1.71 bits per heavy atom. The first-order valence-electron chi connectivity index (χ1n) is 5.29. The molecule has 1 aromatic rings. The van der Waals surface area contributed by atoms with Crippen molar-refractivity contribution in [3.63, 3.8) is 0 Å². The van der Waals surface area contributed by atoms with Crippen LogP contribution in [0.15, 0.2) is 24.3 Å². The van der Waals surface area contributed by atoms with Crippen LogP contribution < -0.4 is 14.2 Å². The molecule has 0 saturated carbocycles. The Morgan fingerprint density at radius 1 is 1.12 bits per heavy atom. The summed E-state index contributed by atoms with van der Waals surface area (Å²) in [4.78, 5) is 0. The molecule has 0 aliphatic heterocycles. The van der Waals surface area contributed by atoms with Gasteiger partial charge in [0.15, 0.2) is 11.5 Å². The molecule has 0 unspecified atom stereocenters. The molecule has 0 bridgehead atoms. The topological polar surface area (TPSA) is 27.7 Å². The summed E-state index contributed by atoms with van der Waals surface area (Å²) in [5.74, 6) is 2.42. The standard InChI is InChI=1S/C13H17ClO3/c1-10-8-11(15-2)13(12(9-10)16-3)17-7-5-4-6-14/h4-5,8-9H,6-7H2,1-3H3. The number of allylic oxidation sites excluding steroid dienone is 1. The lowest BCUT2D eigenvalue weighted by molar-refractivity contribution is 0.300. The van der Waals surface area contributed by atoms with Gasteiger partial charge in [0.2, 0.25) is 5.75 Å². The van der Waals surface area contributed by atoms with Gasteiger partial charge in [0.1, 0.15) is 6.61 Å². The number of rotatable bonds is 6. The van der Waals surface area contributed by atoms with Crippen LogP contribution in [0.4, 0.5) is 0 Å². The highest BCUT2D eigenvalue weighted by Gasteiger charge is 2.12.